The number of rotatable bonds is 6. The van der Waals surface area contributed by atoms with Gasteiger partial charge in [0.05, 0.1) is 11.4 Å². The molecule has 0 saturated heterocycles. The number of para-hydroxylation sites is 2. The quantitative estimate of drug-likeness (QED) is 0.392. The summed E-state index contributed by atoms with van der Waals surface area (Å²) < 4.78 is 1.02. The number of halogens is 1. The van der Waals surface area contributed by atoms with Crippen molar-refractivity contribution in [2.45, 2.75) is 79.1 Å². The van der Waals surface area contributed by atoms with Crippen LogP contribution < -0.4 is 9.80 Å². The molecule has 2 aromatic rings. The Morgan fingerprint density at radius 2 is 1.00 bits per heavy atom. The highest BCUT2D eigenvalue weighted by atomic mass is 79.9. The number of hydrogen-bond acceptors (Lipinski definition) is 2. The van der Waals surface area contributed by atoms with Crippen molar-refractivity contribution in [3.63, 3.8) is 0 Å². The molecule has 3 heteroatoms. The first kappa shape index (κ1) is 22.9. The molecule has 30 heavy (non-hydrogen) atoms. The summed E-state index contributed by atoms with van der Waals surface area (Å²) in [6, 6.07) is 13.4. The van der Waals surface area contributed by atoms with Crippen molar-refractivity contribution in [3.8, 4) is 0 Å². The van der Waals surface area contributed by atoms with E-state index < -0.39 is 0 Å². The van der Waals surface area contributed by atoms with Crippen LogP contribution in [0.2, 0.25) is 0 Å². The van der Waals surface area contributed by atoms with E-state index >= 15 is 0 Å². The SMILES string of the molecule is CC(C)c1cccc(C(C)C)c1N1[C]N(c2c(C(C)C)cccc2C(C)C)C(Br)=C1. The highest BCUT2D eigenvalue weighted by molar-refractivity contribution is 9.11. The first-order valence-corrected chi connectivity index (χ1v) is 11.9. The maximum Gasteiger partial charge on any atom is 0.218 e. The van der Waals surface area contributed by atoms with Crippen molar-refractivity contribution in [1.82, 2.24) is 0 Å². The molecule has 0 aliphatic carbocycles. The molecule has 1 heterocycles. The Kier molecular flexibility index (Phi) is 7.02. The third-order valence-corrected chi connectivity index (χ3v) is 6.37. The topological polar surface area (TPSA) is 6.48 Å². The molecule has 1 aliphatic heterocycles. The summed E-state index contributed by atoms with van der Waals surface area (Å²) in [6.45, 7) is 21.8. The Labute approximate surface area is 192 Å². The van der Waals surface area contributed by atoms with Crippen LogP contribution in [-0.2, 0) is 0 Å². The summed E-state index contributed by atoms with van der Waals surface area (Å²) in [5, 5.41) is 0. The average molecular weight is 467 g/mol. The Morgan fingerprint density at radius 1 is 0.633 bits per heavy atom. The zero-order valence-electron chi connectivity index (χ0n) is 19.6. The standard InChI is InChI=1S/C27H35BrN2/c1-17(2)21-11-9-12-22(18(3)4)26(21)29-15-25(28)30(16-29)27-23(19(5)6)13-10-14-24(27)20(7)8/h9-15,17-20H,1-8H3. The van der Waals surface area contributed by atoms with Gasteiger partial charge in [0.15, 0.2) is 0 Å². The third kappa shape index (κ3) is 4.32. The van der Waals surface area contributed by atoms with Crippen LogP contribution in [-0.4, -0.2) is 0 Å². The molecule has 3 rings (SSSR count). The van der Waals surface area contributed by atoms with Crippen molar-refractivity contribution < 1.29 is 0 Å². The van der Waals surface area contributed by atoms with Crippen LogP contribution in [0.5, 0.6) is 0 Å². The van der Waals surface area contributed by atoms with E-state index in [1.165, 1.54) is 33.6 Å². The number of nitrogens with zero attached hydrogens (tertiary/aromatic N) is 2. The van der Waals surface area contributed by atoms with Crippen molar-refractivity contribution in [1.29, 1.82) is 0 Å². The molecular formula is C27H35BrN2. The monoisotopic (exact) mass is 466 g/mol. The molecule has 0 unspecified atom stereocenters. The lowest BCUT2D eigenvalue weighted by atomic mass is 9.91. The molecule has 0 bridgehead atoms. The van der Waals surface area contributed by atoms with Crippen LogP contribution in [0.4, 0.5) is 11.4 Å². The van der Waals surface area contributed by atoms with E-state index in [4.69, 9.17) is 0 Å². The lowest BCUT2D eigenvalue weighted by Crippen LogP contribution is -2.24. The van der Waals surface area contributed by atoms with Gasteiger partial charge in [0.25, 0.3) is 0 Å². The van der Waals surface area contributed by atoms with Crippen molar-refractivity contribution in [2.75, 3.05) is 9.80 Å². The van der Waals surface area contributed by atoms with Gasteiger partial charge >= 0.3 is 0 Å². The molecule has 0 amide bonds. The van der Waals surface area contributed by atoms with E-state index in [2.05, 4.69) is 130 Å². The molecule has 1 aliphatic rings. The van der Waals surface area contributed by atoms with Crippen molar-refractivity contribution in [2.24, 2.45) is 0 Å². The molecular weight excluding hydrogens is 432 g/mol. The summed E-state index contributed by atoms with van der Waals surface area (Å²) in [5.41, 5.74) is 7.92. The average Bonchev–Trinajstić information content (AvgIpc) is 3.07. The molecule has 0 saturated carbocycles. The van der Waals surface area contributed by atoms with Crippen LogP contribution in [0, 0.1) is 6.67 Å². The summed E-state index contributed by atoms with van der Waals surface area (Å²) in [4.78, 5) is 4.39. The van der Waals surface area contributed by atoms with Gasteiger partial charge in [-0.05, 0) is 61.9 Å². The Bertz CT molecular complexity index is 872. The summed E-state index contributed by atoms with van der Waals surface area (Å²) in [5.74, 6) is 1.75. The van der Waals surface area contributed by atoms with Crippen molar-refractivity contribution in [3.05, 3.63) is 76.1 Å². The van der Waals surface area contributed by atoms with E-state index in [0.717, 1.165) is 4.61 Å². The number of anilines is 2. The fourth-order valence-corrected chi connectivity index (χ4v) is 4.64. The zero-order chi connectivity index (χ0) is 22.2. The van der Waals surface area contributed by atoms with E-state index in [1.54, 1.807) is 0 Å². The van der Waals surface area contributed by atoms with E-state index in [-0.39, 0.29) is 0 Å². The van der Waals surface area contributed by atoms with Crippen molar-refractivity contribution >= 4 is 27.3 Å². The fraction of sp³-hybridized carbons (Fsp3) is 0.444. The minimum absolute atomic E-state index is 0.434. The Morgan fingerprint density at radius 3 is 1.37 bits per heavy atom. The molecule has 160 valence electrons. The molecule has 0 atom stereocenters. The van der Waals surface area contributed by atoms with Gasteiger partial charge in [0, 0.05) is 6.20 Å². The second-order valence-electron chi connectivity index (χ2n) is 9.45. The summed E-state index contributed by atoms with van der Waals surface area (Å²) >= 11 is 3.85. The summed E-state index contributed by atoms with van der Waals surface area (Å²) in [7, 11) is 0. The lowest BCUT2D eigenvalue weighted by Gasteiger charge is -2.30. The zero-order valence-corrected chi connectivity index (χ0v) is 21.2. The highest BCUT2D eigenvalue weighted by Crippen LogP contribution is 2.45. The van der Waals surface area contributed by atoms with E-state index in [1.807, 2.05) is 0 Å². The smallest absolute Gasteiger partial charge is 0.218 e. The van der Waals surface area contributed by atoms with Gasteiger partial charge in [-0.1, -0.05) is 91.8 Å². The van der Waals surface area contributed by atoms with Crippen LogP contribution in [0.25, 0.3) is 0 Å². The fourth-order valence-electron chi connectivity index (χ4n) is 4.18. The van der Waals surface area contributed by atoms with Crippen LogP contribution in [0.15, 0.2) is 47.2 Å². The van der Waals surface area contributed by atoms with E-state index in [9.17, 15) is 0 Å². The Balaban J connectivity index is 2.12. The van der Waals surface area contributed by atoms with E-state index in [0.29, 0.717) is 23.7 Å². The first-order valence-electron chi connectivity index (χ1n) is 11.1. The van der Waals surface area contributed by atoms with Crippen LogP contribution in [0.3, 0.4) is 0 Å². The second kappa shape index (κ2) is 9.18. The van der Waals surface area contributed by atoms with Gasteiger partial charge in [0.1, 0.15) is 4.61 Å². The molecule has 2 nitrogen and oxygen atoms in total. The van der Waals surface area contributed by atoms with Gasteiger partial charge in [0.2, 0.25) is 6.67 Å². The number of benzene rings is 2. The molecule has 0 spiro atoms. The molecule has 0 fully saturated rings. The molecule has 0 N–H and O–H groups in total. The molecule has 2 aromatic carbocycles. The molecule has 0 aromatic heterocycles. The largest absolute Gasteiger partial charge is 0.313 e. The normalized spacial score (nSPS) is 14.6. The minimum Gasteiger partial charge on any atom is -0.313 e. The summed E-state index contributed by atoms with van der Waals surface area (Å²) in [6.07, 6.45) is 2.16. The molecule has 2 radical (unpaired) electrons. The predicted molar refractivity (Wildman–Crippen MR) is 134 cm³/mol. The maximum atomic E-state index is 3.85. The van der Waals surface area contributed by atoms with Gasteiger partial charge < -0.3 is 9.80 Å². The maximum absolute atomic E-state index is 3.85. The van der Waals surface area contributed by atoms with Gasteiger partial charge in [-0.15, -0.1) is 0 Å². The second-order valence-corrected chi connectivity index (χ2v) is 10.3. The van der Waals surface area contributed by atoms with Gasteiger partial charge in [-0.3, -0.25) is 0 Å². The Hall–Kier alpha value is -1.74. The first-order chi connectivity index (χ1) is 14.1. The van der Waals surface area contributed by atoms with Gasteiger partial charge in [-0.25, -0.2) is 0 Å². The predicted octanol–water partition coefficient (Wildman–Crippen LogP) is 8.70. The lowest BCUT2D eigenvalue weighted by molar-refractivity contribution is 0.818. The van der Waals surface area contributed by atoms with Gasteiger partial charge in [-0.2, -0.15) is 0 Å². The number of hydrogen-bond donors (Lipinski definition) is 0. The highest BCUT2D eigenvalue weighted by Gasteiger charge is 2.31. The third-order valence-electron chi connectivity index (χ3n) is 5.81. The van der Waals surface area contributed by atoms with Crippen LogP contribution in [0.1, 0.15) is 101 Å². The minimum atomic E-state index is 0.434. The van der Waals surface area contributed by atoms with Crippen LogP contribution >= 0.6 is 15.9 Å².